The number of para-hydroxylation sites is 1. The van der Waals surface area contributed by atoms with Gasteiger partial charge in [-0.05, 0) is 43.5 Å². The molecule has 0 saturated carbocycles. The van der Waals surface area contributed by atoms with Gasteiger partial charge < -0.3 is 9.88 Å². The molecule has 2 N–H and O–H groups in total. The number of amides is 1. The topological polar surface area (TPSA) is 77.7 Å². The lowest BCUT2D eigenvalue weighted by molar-refractivity contribution is -0.123. The van der Waals surface area contributed by atoms with Crippen LogP contribution in [0.3, 0.4) is 0 Å². The number of carbonyl (C=O) groups excluding carboxylic acids is 1. The number of fused-ring (bicyclic) bond motifs is 3. The first-order chi connectivity index (χ1) is 13.6. The zero-order valence-corrected chi connectivity index (χ0v) is 16.3. The van der Waals surface area contributed by atoms with Crippen LogP contribution in [0.4, 0.5) is 5.69 Å². The third-order valence-corrected chi connectivity index (χ3v) is 6.28. The van der Waals surface area contributed by atoms with Crippen LogP contribution in [-0.2, 0) is 10.2 Å². The molecule has 0 radical (unpaired) electrons. The highest BCUT2D eigenvalue weighted by Gasteiger charge is 2.48. The molecule has 0 atom stereocenters. The number of rotatable bonds is 4. The highest BCUT2D eigenvalue weighted by atomic mass is 16.2. The quantitative estimate of drug-likeness (QED) is 0.552. The maximum absolute atomic E-state index is 13.2. The van der Waals surface area contributed by atoms with Crippen molar-refractivity contribution in [1.29, 1.82) is 0 Å². The van der Waals surface area contributed by atoms with Gasteiger partial charge in [-0.25, -0.2) is 4.98 Å². The van der Waals surface area contributed by atoms with E-state index in [4.69, 9.17) is 4.98 Å². The van der Waals surface area contributed by atoms with Gasteiger partial charge in [-0.15, -0.1) is 0 Å². The highest BCUT2D eigenvalue weighted by molar-refractivity contribution is 6.10. The van der Waals surface area contributed by atoms with Crippen LogP contribution < -0.4 is 4.90 Å². The molecule has 5 rings (SSSR count). The number of nitrogens with one attached hydrogen (secondary N) is 2. The molecule has 3 heterocycles. The summed E-state index contributed by atoms with van der Waals surface area (Å²) in [5.41, 5.74) is 5.26. The normalized spacial score (nSPS) is 15.7. The molecule has 142 valence electrons. The summed E-state index contributed by atoms with van der Waals surface area (Å²) in [6.07, 6.45) is 1.59. The first-order valence-electron chi connectivity index (χ1n) is 9.92. The van der Waals surface area contributed by atoms with Crippen LogP contribution in [0.2, 0.25) is 0 Å². The smallest absolute Gasteiger partial charge is 0.237 e. The second-order valence-electron chi connectivity index (χ2n) is 7.43. The molecule has 0 saturated heterocycles. The number of hydrogen-bond acceptors (Lipinski definition) is 3. The van der Waals surface area contributed by atoms with Gasteiger partial charge in [0.15, 0.2) is 5.82 Å². The van der Waals surface area contributed by atoms with E-state index in [1.54, 1.807) is 0 Å². The Hall–Kier alpha value is -3.15. The number of nitrogens with zero attached hydrogens (tertiary/aromatic N) is 3. The molecule has 6 nitrogen and oxygen atoms in total. The van der Waals surface area contributed by atoms with E-state index in [-0.39, 0.29) is 5.91 Å². The van der Waals surface area contributed by atoms with E-state index in [1.165, 1.54) is 0 Å². The Morgan fingerprint density at radius 2 is 1.86 bits per heavy atom. The number of anilines is 1. The summed E-state index contributed by atoms with van der Waals surface area (Å²) >= 11 is 0. The average Bonchev–Trinajstić information content (AvgIpc) is 3.38. The van der Waals surface area contributed by atoms with Crippen LogP contribution in [0.25, 0.3) is 33.5 Å². The fourth-order valence-electron chi connectivity index (χ4n) is 4.64. The lowest BCUT2D eigenvalue weighted by Gasteiger charge is -2.25. The minimum atomic E-state index is -0.441. The van der Waals surface area contributed by atoms with Crippen molar-refractivity contribution in [2.45, 2.75) is 39.0 Å². The Bertz CT molecular complexity index is 1210. The van der Waals surface area contributed by atoms with Gasteiger partial charge in [0.2, 0.25) is 5.91 Å². The summed E-state index contributed by atoms with van der Waals surface area (Å²) in [5, 5.41) is 8.57. The van der Waals surface area contributed by atoms with Gasteiger partial charge in [0.1, 0.15) is 5.69 Å². The lowest BCUT2D eigenvalue weighted by Crippen LogP contribution is -2.39. The SMILES string of the molecule is CCN1C(=O)C(CC)(CC)c2cc3[nH]c(-c4n[nH]c5ccccc45)nc3cc21. The van der Waals surface area contributed by atoms with Gasteiger partial charge in [-0.1, -0.05) is 32.0 Å². The number of aromatic nitrogens is 4. The number of H-pyrrole nitrogens is 2. The van der Waals surface area contributed by atoms with E-state index in [0.717, 1.165) is 57.5 Å². The second kappa shape index (κ2) is 5.92. The highest BCUT2D eigenvalue weighted by Crippen LogP contribution is 2.47. The van der Waals surface area contributed by atoms with Crippen LogP contribution in [0, 0.1) is 0 Å². The van der Waals surface area contributed by atoms with E-state index in [9.17, 15) is 4.79 Å². The van der Waals surface area contributed by atoms with Crippen LogP contribution in [0.5, 0.6) is 0 Å². The molecule has 0 fully saturated rings. The monoisotopic (exact) mass is 373 g/mol. The van der Waals surface area contributed by atoms with Crippen molar-refractivity contribution in [3.8, 4) is 11.5 Å². The van der Waals surface area contributed by atoms with Gasteiger partial charge in [0.25, 0.3) is 0 Å². The minimum absolute atomic E-state index is 0.209. The van der Waals surface area contributed by atoms with Crippen molar-refractivity contribution in [2.24, 2.45) is 0 Å². The van der Waals surface area contributed by atoms with Crippen molar-refractivity contribution in [3.63, 3.8) is 0 Å². The summed E-state index contributed by atoms with van der Waals surface area (Å²) in [6, 6.07) is 12.2. The van der Waals surface area contributed by atoms with Gasteiger partial charge in [-0.2, -0.15) is 5.10 Å². The molecular weight excluding hydrogens is 350 g/mol. The maximum Gasteiger partial charge on any atom is 0.237 e. The number of aromatic amines is 2. The number of carbonyl (C=O) groups is 1. The van der Waals surface area contributed by atoms with Crippen molar-refractivity contribution in [3.05, 3.63) is 42.0 Å². The Balaban J connectivity index is 1.72. The Morgan fingerprint density at radius 1 is 1.07 bits per heavy atom. The predicted octanol–water partition coefficient (Wildman–Crippen LogP) is 4.53. The lowest BCUT2D eigenvalue weighted by atomic mass is 9.77. The van der Waals surface area contributed by atoms with Crippen LogP contribution in [-0.4, -0.2) is 32.6 Å². The summed E-state index contributed by atoms with van der Waals surface area (Å²) in [4.78, 5) is 23.3. The van der Waals surface area contributed by atoms with Crippen molar-refractivity contribution < 1.29 is 4.79 Å². The number of imidazole rings is 1. The summed E-state index contributed by atoms with van der Waals surface area (Å²) in [5.74, 6) is 0.949. The van der Waals surface area contributed by atoms with Crippen LogP contribution >= 0.6 is 0 Å². The Kier molecular flexibility index (Phi) is 3.59. The molecule has 0 unspecified atom stereocenters. The molecule has 1 aliphatic heterocycles. The van der Waals surface area contributed by atoms with Crippen LogP contribution in [0.1, 0.15) is 39.2 Å². The molecule has 1 aliphatic rings. The van der Waals surface area contributed by atoms with Crippen molar-refractivity contribution in [2.75, 3.05) is 11.4 Å². The first-order valence-corrected chi connectivity index (χ1v) is 9.92. The van der Waals surface area contributed by atoms with Gasteiger partial charge >= 0.3 is 0 Å². The molecule has 0 aliphatic carbocycles. The molecule has 6 heteroatoms. The standard InChI is InChI=1S/C22H23N5O/c1-4-22(5-2)14-11-16-17(12-18(14)27(6-3)21(22)28)24-20(23-16)19-13-9-7-8-10-15(13)25-26-19/h7-12H,4-6H2,1-3H3,(H,23,24)(H,25,26). The summed E-state index contributed by atoms with van der Waals surface area (Å²) in [7, 11) is 0. The third kappa shape index (κ3) is 2.06. The van der Waals surface area contributed by atoms with Gasteiger partial charge in [0, 0.05) is 11.9 Å². The largest absolute Gasteiger partial charge is 0.337 e. The maximum atomic E-state index is 13.2. The van der Waals surface area contributed by atoms with E-state index in [0.29, 0.717) is 6.54 Å². The van der Waals surface area contributed by atoms with E-state index in [2.05, 4.69) is 35.1 Å². The summed E-state index contributed by atoms with van der Waals surface area (Å²) < 4.78 is 0. The van der Waals surface area contributed by atoms with Gasteiger partial charge in [0.05, 0.1) is 27.7 Å². The average molecular weight is 373 g/mol. The van der Waals surface area contributed by atoms with Crippen LogP contribution in [0.15, 0.2) is 36.4 Å². The fraction of sp³-hybridized carbons (Fsp3) is 0.318. The molecule has 4 aromatic rings. The molecule has 0 bridgehead atoms. The molecule has 1 amide bonds. The van der Waals surface area contributed by atoms with E-state index >= 15 is 0 Å². The third-order valence-electron chi connectivity index (χ3n) is 6.28. The molecular formula is C22H23N5O. The Morgan fingerprint density at radius 3 is 2.61 bits per heavy atom. The number of likely N-dealkylation sites (N-methyl/N-ethyl adjacent to an activating group) is 1. The zero-order valence-electron chi connectivity index (χ0n) is 16.3. The molecule has 28 heavy (non-hydrogen) atoms. The minimum Gasteiger partial charge on any atom is -0.337 e. The Labute approximate surface area is 163 Å². The molecule has 2 aromatic heterocycles. The van der Waals surface area contributed by atoms with Crippen molar-refractivity contribution >= 4 is 33.5 Å². The molecule has 0 spiro atoms. The second-order valence-corrected chi connectivity index (χ2v) is 7.43. The van der Waals surface area contributed by atoms with Gasteiger partial charge in [-0.3, -0.25) is 9.89 Å². The number of benzene rings is 2. The zero-order chi connectivity index (χ0) is 19.5. The summed E-state index contributed by atoms with van der Waals surface area (Å²) in [6.45, 7) is 6.89. The fourth-order valence-corrected chi connectivity index (χ4v) is 4.64. The molecule has 2 aromatic carbocycles. The van der Waals surface area contributed by atoms with E-state index < -0.39 is 5.41 Å². The van der Waals surface area contributed by atoms with Crippen molar-refractivity contribution in [1.82, 2.24) is 20.2 Å². The number of hydrogen-bond donors (Lipinski definition) is 2. The van der Waals surface area contributed by atoms with E-state index in [1.807, 2.05) is 42.2 Å². The predicted molar refractivity (Wildman–Crippen MR) is 111 cm³/mol. The first kappa shape index (κ1) is 17.0.